The van der Waals surface area contributed by atoms with Gasteiger partial charge in [-0.15, -0.1) is 0 Å². The summed E-state index contributed by atoms with van der Waals surface area (Å²) in [4.78, 5) is 28.1. The summed E-state index contributed by atoms with van der Waals surface area (Å²) in [5, 5.41) is 0. The van der Waals surface area contributed by atoms with E-state index in [-0.39, 0.29) is 11.8 Å². The third-order valence-corrected chi connectivity index (χ3v) is 6.44. The van der Waals surface area contributed by atoms with Crippen molar-refractivity contribution in [2.24, 2.45) is 11.3 Å². The Morgan fingerprint density at radius 3 is 2.33 bits per heavy atom. The highest BCUT2D eigenvalue weighted by atomic mass is 31.1. The van der Waals surface area contributed by atoms with Gasteiger partial charge in [-0.25, -0.2) is 0 Å². The molecule has 2 aliphatic rings. The molecule has 0 aromatic rings. The second-order valence-corrected chi connectivity index (χ2v) is 10.3. The summed E-state index contributed by atoms with van der Waals surface area (Å²) in [5.41, 5.74) is 0.0834. The quantitative estimate of drug-likeness (QED) is 0.715. The number of rotatable bonds is 4. The first-order chi connectivity index (χ1) is 11.3. The van der Waals surface area contributed by atoms with Crippen LogP contribution >= 0.6 is 8.73 Å². The Kier molecular flexibility index (Phi) is 7.10. The SMILES string of the molecule is CC(C)CN1CCC2(CCCCCCN(PC(C)C)C2=O)CC1=O. The number of piperidine rings is 1. The standard InChI is InChI=1S/C19H35N2O2P/c1-15(2)14-20-12-10-19(13-17(20)22)9-7-5-6-8-11-21(18(19)23)24-16(3)4/h15-16,24H,5-14H2,1-4H3. The van der Waals surface area contributed by atoms with Gasteiger partial charge in [0, 0.05) is 26.1 Å². The maximum atomic E-state index is 13.4. The van der Waals surface area contributed by atoms with Crippen molar-refractivity contribution in [3.63, 3.8) is 0 Å². The number of nitrogens with zero attached hydrogens (tertiary/aromatic N) is 2. The molecule has 2 rings (SSSR count). The van der Waals surface area contributed by atoms with E-state index in [1.165, 1.54) is 12.8 Å². The summed E-state index contributed by atoms with van der Waals surface area (Å²) in [6.45, 7) is 11.1. The van der Waals surface area contributed by atoms with Crippen LogP contribution in [0.1, 0.15) is 72.6 Å². The van der Waals surface area contributed by atoms with Crippen molar-refractivity contribution < 1.29 is 9.59 Å². The minimum Gasteiger partial charge on any atom is -0.342 e. The largest absolute Gasteiger partial charge is 0.342 e. The minimum absolute atomic E-state index is 0.190. The summed E-state index contributed by atoms with van der Waals surface area (Å²) in [5.74, 6) is 0.947. The van der Waals surface area contributed by atoms with Crippen LogP contribution in [-0.2, 0) is 9.59 Å². The van der Waals surface area contributed by atoms with Crippen LogP contribution in [-0.4, -0.2) is 46.7 Å². The van der Waals surface area contributed by atoms with E-state index in [0.717, 1.165) is 45.3 Å². The lowest BCUT2D eigenvalue weighted by Gasteiger charge is -2.43. The first-order valence-corrected chi connectivity index (χ1v) is 10.7. The molecule has 0 bridgehead atoms. The first kappa shape index (κ1) is 19.7. The molecule has 0 N–H and O–H groups in total. The third-order valence-electron chi connectivity index (χ3n) is 5.19. The highest BCUT2D eigenvalue weighted by Gasteiger charge is 2.46. The maximum Gasteiger partial charge on any atom is 0.232 e. The van der Waals surface area contributed by atoms with Gasteiger partial charge in [0.2, 0.25) is 11.8 Å². The lowest BCUT2D eigenvalue weighted by atomic mass is 9.73. The molecular weight excluding hydrogens is 319 g/mol. The van der Waals surface area contributed by atoms with Crippen molar-refractivity contribution in [3.05, 3.63) is 0 Å². The molecule has 2 amide bonds. The van der Waals surface area contributed by atoms with E-state index in [1.54, 1.807) is 0 Å². The van der Waals surface area contributed by atoms with E-state index in [0.29, 0.717) is 26.7 Å². The second-order valence-electron chi connectivity index (χ2n) is 8.35. The van der Waals surface area contributed by atoms with Gasteiger partial charge in [-0.1, -0.05) is 47.0 Å². The molecule has 138 valence electrons. The fourth-order valence-corrected chi connectivity index (χ4v) is 5.27. The van der Waals surface area contributed by atoms with E-state index >= 15 is 0 Å². The van der Waals surface area contributed by atoms with E-state index in [9.17, 15) is 9.59 Å². The molecule has 0 aromatic carbocycles. The van der Waals surface area contributed by atoms with E-state index in [2.05, 4.69) is 32.4 Å². The Labute approximate surface area is 149 Å². The van der Waals surface area contributed by atoms with Crippen molar-refractivity contribution >= 4 is 20.5 Å². The average Bonchev–Trinajstić information content (AvgIpc) is 2.56. The zero-order chi connectivity index (χ0) is 17.7. The molecule has 24 heavy (non-hydrogen) atoms. The number of carbonyl (C=O) groups is 2. The molecule has 0 aliphatic carbocycles. The summed E-state index contributed by atoms with van der Waals surface area (Å²) in [6, 6.07) is 0. The van der Waals surface area contributed by atoms with Crippen molar-refractivity contribution in [1.82, 2.24) is 9.57 Å². The molecule has 2 saturated heterocycles. The lowest BCUT2D eigenvalue weighted by molar-refractivity contribution is -0.151. The van der Waals surface area contributed by atoms with Gasteiger partial charge >= 0.3 is 0 Å². The molecule has 0 saturated carbocycles. The number of hydrogen-bond donors (Lipinski definition) is 0. The molecule has 2 atom stereocenters. The molecule has 0 aromatic heterocycles. The van der Waals surface area contributed by atoms with Gasteiger partial charge in [-0.3, -0.25) is 9.59 Å². The van der Waals surface area contributed by atoms with Gasteiger partial charge in [0.1, 0.15) is 0 Å². The fraction of sp³-hybridized carbons (Fsp3) is 0.895. The van der Waals surface area contributed by atoms with Gasteiger partial charge < -0.3 is 9.57 Å². The second kappa shape index (κ2) is 8.65. The predicted molar refractivity (Wildman–Crippen MR) is 101 cm³/mol. The number of carbonyl (C=O) groups excluding carboxylic acids is 2. The zero-order valence-electron chi connectivity index (χ0n) is 15.9. The summed E-state index contributed by atoms with van der Waals surface area (Å²) in [6.07, 6.45) is 6.76. The van der Waals surface area contributed by atoms with Gasteiger partial charge in [-0.05, 0) is 39.6 Å². The fourth-order valence-electron chi connectivity index (χ4n) is 4.01. The van der Waals surface area contributed by atoms with E-state index < -0.39 is 5.41 Å². The van der Waals surface area contributed by atoms with Crippen LogP contribution in [0.2, 0.25) is 0 Å². The molecule has 2 heterocycles. The van der Waals surface area contributed by atoms with Crippen LogP contribution in [0.15, 0.2) is 0 Å². The summed E-state index contributed by atoms with van der Waals surface area (Å²) < 4.78 is 2.10. The van der Waals surface area contributed by atoms with Crippen LogP contribution in [0.5, 0.6) is 0 Å². The molecule has 4 nitrogen and oxygen atoms in total. The average molecular weight is 354 g/mol. The number of likely N-dealkylation sites (tertiary alicyclic amines) is 1. The highest BCUT2D eigenvalue weighted by Crippen LogP contribution is 2.43. The topological polar surface area (TPSA) is 40.6 Å². The van der Waals surface area contributed by atoms with E-state index in [1.807, 2.05) is 4.90 Å². The van der Waals surface area contributed by atoms with Gasteiger partial charge in [0.25, 0.3) is 0 Å². The van der Waals surface area contributed by atoms with Crippen molar-refractivity contribution in [3.8, 4) is 0 Å². The normalized spacial score (nSPS) is 27.4. The Morgan fingerprint density at radius 1 is 1.00 bits per heavy atom. The van der Waals surface area contributed by atoms with Crippen LogP contribution < -0.4 is 0 Å². The van der Waals surface area contributed by atoms with Crippen LogP contribution in [0.4, 0.5) is 0 Å². The molecule has 5 heteroatoms. The van der Waals surface area contributed by atoms with E-state index in [4.69, 9.17) is 0 Å². The molecular formula is C19H35N2O2P. The number of hydrogen-bond acceptors (Lipinski definition) is 2. The maximum absolute atomic E-state index is 13.4. The minimum atomic E-state index is -0.420. The summed E-state index contributed by atoms with van der Waals surface area (Å²) in [7, 11) is 0.547. The smallest absolute Gasteiger partial charge is 0.232 e. The highest BCUT2D eigenvalue weighted by molar-refractivity contribution is 7.37. The lowest BCUT2D eigenvalue weighted by Crippen LogP contribution is -2.51. The van der Waals surface area contributed by atoms with Crippen molar-refractivity contribution in [2.75, 3.05) is 19.6 Å². The molecule has 1 spiro atoms. The Morgan fingerprint density at radius 2 is 1.71 bits per heavy atom. The third kappa shape index (κ3) is 4.94. The van der Waals surface area contributed by atoms with Gasteiger partial charge in [-0.2, -0.15) is 0 Å². The number of amides is 2. The van der Waals surface area contributed by atoms with Crippen molar-refractivity contribution in [2.45, 2.75) is 78.3 Å². The Bertz CT molecular complexity index is 453. The monoisotopic (exact) mass is 354 g/mol. The molecule has 2 unspecified atom stereocenters. The molecule has 2 aliphatic heterocycles. The van der Waals surface area contributed by atoms with Gasteiger partial charge in [0.15, 0.2) is 0 Å². The van der Waals surface area contributed by atoms with Gasteiger partial charge in [0.05, 0.1) is 5.41 Å². The Balaban J connectivity index is 2.17. The van der Waals surface area contributed by atoms with Crippen LogP contribution in [0, 0.1) is 11.3 Å². The summed E-state index contributed by atoms with van der Waals surface area (Å²) >= 11 is 0. The predicted octanol–water partition coefficient (Wildman–Crippen LogP) is 4.05. The zero-order valence-corrected chi connectivity index (χ0v) is 16.9. The van der Waals surface area contributed by atoms with Crippen LogP contribution in [0.3, 0.4) is 0 Å². The Hall–Kier alpha value is -0.630. The molecule has 0 radical (unpaired) electrons. The van der Waals surface area contributed by atoms with Crippen molar-refractivity contribution in [1.29, 1.82) is 0 Å². The first-order valence-electron chi connectivity index (χ1n) is 9.70. The van der Waals surface area contributed by atoms with Crippen LogP contribution in [0.25, 0.3) is 0 Å². The molecule has 2 fully saturated rings.